The number of aryl methyl sites for hydroxylation is 1. The molecule has 0 radical (unpaired) electrons. The molecule has 0 aliphatic rings. The van der Waals surface area contributed by atoms with E-state index in [9.17, 15) is 0 Å². The number of nitrogens with one attached hydrogen (secondary N) is 2. The van der Waals surface area contributed by atoms with Crippen molar-refractivity contribution in [1.82, 2.24) is 5.43 Å². The van der Waals surface area contributed by atoms with Crippen molar-refractivity contribution in [2.45, 2.75) is 20.8 Å². The average Bonchev–Trinajstić information content (AvgIpc) is 2.24. The summed E-state index contributed by atoms with van der Waals surface area (Å²) < 4.78 is 0. The van der Waals surface area contributed by atoms with E-state index in [1.807, 2.05) is 31.2 Å². The number of hydrogen-bond donors (Lipinski definition) is 3. The molecule has 0 heterocycles. The van der Waals surface area contributed by atoms with Crippen LogP contribution < -0.4 is 16.6 Å². The summed E-state index contributed by atoms with van der Waals surface area (Å²) in [6, 6.07) is 8.07. The van der Waals surface area contributed by atoms with Gasteiger partial charge < -0.3 is 5.32 Å². The zero-order chi connectivity index (χ0) is 12.0. The number of nitrogens with two attached hydrogens (primary N) is 1. The van der Waals surface area contributed by atoms with Crippen LogP contribution in [0.15, 0.2) is 29.3 Å². The van der Waals surface area contributed by atoms with Gasteiger partial charge in [0, 0.05) is 12.2 Å². The van der Waals surface area contributed by atoms with Gasteiger partial charge in [-0.3, -0.25) is 10.4 Å². The van der Waals surface area contributed by atoms with Gasteiger partial charge in [0.25, 0.3) is 0 Å². The van der Waals surface area contributed by atoms with Crippen LogP contribution in [0.25, 0.3) is 0 Å². The predicted molar refractivity (Wildman–Crippen MR) is 69.3 cm³/mol. The molecule has 0 fully saturated rings. The van der Waals surface area contributed by atoms with Gasteiger partial charge in [-0.05, 0) is 30.5 Å². The zero-order valence-electron chi connectivity index (χ0n) is 10.1. The normalized spacial score (nSPS) is 11.7. The fourth-order valence-corrected chi connectivity index (χ4v) is 1.25. The van der Waals surface area contributed by atoms with E-state index in [0.29, 0.717) is 11.9 Å². The van der Waals surface area contributed by atoms with Crippen LogP contribution in [-0.4, -0.2) is 12.5 Å². The predicted octanol–water partition coefficient (Wildman–Crippen LogP) is 1.88. The molecule has 4 N–H and O–H groups in total. The summed E-state index contributed by atoms with van der Waals surface area (Å²) in [6.07, 6.45) is 0. The second-order valence-corrected chi connectivity index (χ2v) is 4.22. The number of hydrazine groups is 1. The van der Waals surface area contributed by atoms with Crippen LogP contribution in [0.2, 0.25) is 0 Å². The number of aliphatic imine (C=N–C) groups is 1. The first kappa shape index (κ1) is 12.5. The van der Waals surface area contributed by atoms with Crippen LogP contribution >= 0.6 is 0 Å². The maximum absolute atomic E-state index is 5.40. The highest BCUT2D eigenvalue weighted by molar-refractivity contribution is 5.93. The van der Waals surface area contributed by atoms with E-state index in [2.05, 4.69) is 29.6 Å². The Hall–Kier alpha value is -1.55. The van der Waals surface area contributed by atoms with Gasteiger partial charge in [0.1, 0.15) is 0 Å². The van der Waals surface area contributed by atoms with Crippen molar-refractivity contribution >= 4 is 11.6 Å². The number of guanidine groups is 1. The standard InChI is InChI=1S/C12H20N4/c1-9(2)8-14-12(16-13)15-11-6-4-5-10(3)7-11/h4-7,9H,8,13H2,1-3H3,(H2,14,15,16). The zero-order valence-corrected chi connectivity index (χ0v) is 10.1. The quantitative estimate of drug-likeness (QED) is 0.315. The Labute approximate surface area is 96.9 Å². The molecule has 0 saturated heterocycles. The minimum absolute atomic E-state index is 0.516. The largest absolute Gasteiger partial charge is 0.325 e. The van der Waals surface area contributed by atoms with Crippen molar-refractivity contribution < 1.29 is 0 Å². The Bertz CT molecular complexity index is 358. The molecule has 4 heteroatoms. The Morgan fingerprint density at radius 3 is 2.75 bits per heavy atom. The van der Waals surface area contributed by atoms with E-state index in [-0.39, 0.29) is 0 Å². The topological polar surface area (TPSA) is 62.4 Å². The molecular formula is C12H20N4. The Kier molecular flexibility index (Phi) is 4.79. The summed E-state index contributed by atoms with van der Waals surface area (Å²) in [5.41, 5.74) is 4.75. The first-order valence-electron chi connectivity index (χ1n) is 5.46. The molecule has 1 aromatic carbocycles. The monoisotopic (exact) mass is 220 g/mol. The first-order chi connectivity index (χ1) is 7.61. The van der Waals surface area contributed by atoms with Crippen molar-refractivity contribution in [3.05, 3.63) is 29.8 Å². The lowest BCUT2D eigenvalue weighted by atomic mass is 10.2. The van der Waals surface area contributed by atoms with E-state index in [0.717, 1.165) is 12.2 Å². The molecule has 4 nitrogen and oxygen atoms in total. The third-order valence-electron chi connectivity index (χ3n) is 2.03. The Morgan fingerprint density at radius 2 is 2.19 bits per heavy atom. The molecule has 0 aromatic heterocycles. The second kappa shape index (κ2) is 6.12. The average molecular weight is 220 g/mol. The van der Waals surface area contributed by atoms with Gasteiger partial charge in [0.2, 0.25) is 5.96 Å². The van der Waals surface area contributed by atoms with Gasteiger partial charge in [-0.1, -0.05) is 26.0 Å². The van der Waals surface area contributed by atoms with Crippen LogP contribution in [0.1, 0.15) is 19.4 Å². The summed E-state index contributed by atoms with van der Waals surface area (Å²) in [4.78, 5) is 4.34. The second-order valence-electron chi connectivity index (χ2n) is 4.22. The molecule has 0 spiro atoms. The number of rotatable bonds is 3. The summed E-state index contributed by atoms with van der Waals surface area (Å²) >= 11 is 0. The third-order valence-corrected chi connectivity index (χ3v) is 2.03. The number of hydrogen-bond acceptors (Lipinski definition) is 2. The molecule has 0 atom stereocenters. The van der Waals surface area contributed by atoms with Gasteiger partial charge >= 0.3 is 0 Å². The molecule has 0 amide bonds. The maximum atomic E-state index is 5.40. The lowest BCUT2D eigenvalue weighted by molar-refractivity contribution is 0.663. The van der Waals surface area contributed by atoms with Crippen LogP contribution in [0, 0.1) is 12.8 Å². The summed E-state index contributed by atoms with van der Waals surface area (Å²) in [5, 5.41) is 3.14. The highest BCUT2D eigenvalue weighted by Gasteiger charge is 1.98. The molecule has 0 bridgehead atoms. The van der Waals surface area contributed by atoms with Crippen LogP contribution in [-0.2, 0) is 0 Å². The van der Waals surface area contributed by atoms with Gasteiger partial charge in [0.05, 0.1) is 0 Å². The fraction of sp³-hybridized carbons (Fsp3) is 0.417. The Balaban J connectivity index is 2.66. The lowest BCUT2D eigenvalue weighted by Gasteiger charge is -2.10. The number of benzene rings is 1. The van der Waals surface area contributed by atoms with Crippen molar-refractivity contribution in [1.29, 1.82) is 0 Å². The molecule has 0 saturated carbocycles. The highest BCUT2D eigenvalue weighted by atomic mass is 15.3. The molecule has 0 aliphatic carbocycles. The molecule has 1 aromatic rings. The summed E-state index contributed by atoms with van der Waals surface area (Å²) in [7, 11) is 0. The molecular weight excluding hydrogens is 200 g/mol. The molecule has 1 rings (SSSR count). The van der Waals surface area contributed by atoms with E-state index in [1.54, 1.807) is 0 Å². The van der Waals surface area contributed by atoms with Crippen LogP contribution in [0.3, 0.4) is 0 Å². The molecule has 88 valence electrons. The smallest absolute Gasteiger partial charge is 0.210 e. The van der Waals surface area contributed by atoms with E-state index < -0.39 is 0 Å². The van der Waals surface area contributed by atoms with Gasteiger partial charge in [-0.2, -0.15) is 0 Å². The minimum Gasteiger partial charge on any atom is -0.325 e. The van der Waals surface area contributed by atoms with Crippen LogP contribution in [0.4, 0.5) is 5.69 Å². The molecule has 16 heavy (non-hydrogen) atoms. The van der Waals surface area contributed by atoms with Gasteiger partial charge in [-0.25, -0.2) is 5.84 Å². The fourth-order valence-electron chi connectivity index (χ4n) is 1.25. The molecule has 0 aliphatic heterocycles. The van der Waals surface area contributed by atoms with Gasteiger partial charge in [-0.15, -0.1) is 0 Å². The van der Waals surface area contributed by atoms with E-state index in [1.165, 1.54) is 5.56 Å². The van der Waals surface area contributed by atoms with Crippen molar-refractivity contribution in [3.63, 3.8) is 0 Å². The lowest BCUT2D eigenvalue weighted by Crippen LogP contribution is -2.36. The van der Waals surface area contributed by atoms with Crippen LogP contribution in [0.5, 0.6) is 0 Å². The van der Waals surface area contributed by atoms with E-state index in [4.69, 9.17) is 5.84 Å². The van der Waals surface area contributed by atoms with E-state index >= 15 is 0 Å². The van der Waals surface area contributed by atoms with Crippen molar-refractivity contribution in [2.24, 2.45) is 16.8 Å². The van der Waals surface area contributed by atoms with Crippen molar-refractivity contribution in [2.75, 3.05) is 11.9 Å². The number of nitrogens with zero attached hydrogens (tertiary/aromatic N) is 1. The maximum Gasteiger partial charge on any atom is 0.210 e. The third kappa shape index (κ3) is 4.31. The summed E-state index contributed by atoms with van der Waals surface area (Å²) in [6.45, 7) is 7.03. The first-order valence-corrected chi connectivity index (χ1v) is 5.46. The SMILES string of the molecule is Cc1cccc(NC(=NCC(C)C)NN)c1. The van der Waals surface area contributed by atoms with Crippen molar-refractivity contribution in [3.8, 4) is 0 Å². The highest BCUT2D eigenvalue weighted by Crippen LogP contribution is 2.09. The number of anilines is 1. The summed E-state index contributed by atoms with van der Waals surface area (Å²) in [5.74, 6) is 6.51. The minimum atomic E-state index is 0.516. The van der Waals surface area contributed by atoms with Gasteiger partial charge in [0.15, 0.2) is 0 Å². The Morgan fingerprint density at radius 1 is 1.44 bits per heavy atom. The molecule has 0 unspecified atom stereocenters.